The Labute approximate surface area is 139 Å². The number of fused-ring (bicyclic) bond motifs is 1. The maximum atomic E-state index is 12.8. The van der Waals surface area contributed by atoms with Crippen molar-refractivity contribution in [1.29, 1.82) is 5.26 Å². The smallest absolute Gasteiger partial charge is 0.247 e. The van der Waals surface area contributed by atoms with Gasteiger partial charge in [0, 0.05) is 37.8 Å². The molecule has 0 bridgehead atoms. The molecular formula is C17H17N5O2. The summed E-state index contributed by atoms with van der Waals surface area (Å²) in [5.41, 5.74) is 0.927. The Bertz CT molecular complexity index is 782. The molecule has 0 aliphatic carbocycles. The minimum absolute atomic E-state index is 0.0193. The first kappa shape index (κ1) is 14.7. The number of carbonyl (C=O) groups is 1. The number of rotatable bonds is 2. The van der Waals surface area contributed by atoms with E-state index < -0.39 is 0 Å². The van der Waals surface area contributed by atoms with Crippen molar-refractivity contribution in [3.63, 3.8) is 0 Å². The number of nitriles is 1. The van der Waals surface area contributed by atoms with Crippen LogP contribution in [0, 0.1) is 11.5 Å². The summed E-state index contributed by atoms with van der Waals surface area (Å²) in [6, 6.07) is 11.2. The van der Waals surface area contributed by atoms with Gasteiger partial charge in [0.05, 0.1) is 6.54 Å². The van der Waals surface area contributed by atoms with Crippen molar-refractivity contribution < 1.29 is 9.32 Å². The van der Waals surface area contributed by atoms with Crippen LogP contribution in [0.4, 0.5) is 5.82 Å². The second kappa shape index (κ2) is 5.98. The predicted molar refractivity (Wildman–Crippen MR) is 86.8 cm³/mol. The van der Waals surface area contributed by atoms with Crippen LogP contribution in [-0.2, 0) is 4.79 Å². The molecule has 0 radical (unpaired) electrons. The third kappa shape index (κ3) is 2.51. The van der Waals surface area contributed by atoms with Crippen molar-refractivity contribution in [3.05, 3.63) is 36.4 Å². The number of piperazine rings is 2. The summed E-state index contributed by atoms with van der Waals surface area (Å²) in [5, 5.41) is 13.2. The van der Waals surface area contributed by atoms with Gasteiger partial charge in [-0.1, -0.05) is 35.5 Å². The molecule has 0 unspecified atom stereocenters. The minimum Gasteiger partial charge on any atom is -0.354 e. The fourth-order valence-corrected chi connectivity index (χ4v) is 3.29. The zero-order valence-corrected chi connectivity index (χ0v) is 13.1. The molecule has 4 rings (SSSR count). The lowest BCUT2D eigenvalue weighted by molar-refractivity contribution is -0.127. The number of hydrogen-bond donors (Lipinski definition) is 0. The zero-order valence-electron chi connectivity index (χ0n) is 13.1. The number of benzene rings is 1. The largest absolute Gasteiger partial charge is 0.354 e. The summed E-state index contributed by atoms with van der Waals surface area (Å²) in [5.74, 6) is 1.16. The summed E-state index contributed by atoms with van der Waals surface area (Å²) in [6.45, 7) is 3.23. The Kier molecular flexibility index (Phi) is 3.67. The van der Waals surface area contributed by atoms with E-state index in [1.165, 1.54) is 0 Å². The SMILES string of the molecule is N#CN1CCN2CCN(c3cc(-c4ccccc4)on3)C(=O)[C@H]2C1. The first-order valence-corrected chi connectivity index (χ1v) is 7.98. The Morgan fingerprint density at radius 2 is 1.96 bits per heavy atom. The van der Waals surface area contributed by atoms with Gasteiger partial charge in [0.15, 0.2) is 17.8 Å². The molecule has 2 aliphatic heterocycles. The standard InChI is InChI=1S/C17H17N5O2/c18-12-20-6-7-21-8-9-22(17(23)14(21)11-20)16-10-15(24-19-16)13-4-2-1-3-5-13/h1-5,10,14H,6-9,11H2/t14-/m1/s1. The van der Waals surface area contributed by atoms with Crippen LogP contribution in [0.2, 0.25) is 0 Å². The van der Waals surface area contributed by atoms with Crippen LogP contribution in [0.5, 0.6) is 0 Å². The molecule has 0 N–H and O–H groups in total. The summed E-state index contributed by atoms with van der Waals surface area (Å²) < 4.78 is 5.41. The van der Waals surface area contributed by atoms with Gasteiger partial charge in [-0.3, -0.25) is 14.6 Å². The number of amides is 1. The van der Waals surface area contributed by atoms with E-state index in [2.05, 4.69) is 16.2 Å². The topological polar surface area (TPSA) is 76.6 Å². The number of carbonyl (C=O) groups excluding carboxylic acids is 1. The van der Waals surface area contributed by atoms with Crippen molar-refractivity contribution in [2.24, 2.45) is 0 Å². The monoisotopic (exact) mass is 323 g/mol. The molecule has 122 valence electrons. The Hall–Kier alpha value is -2.85. The molecule has 1 aromatic carbocycles. The van der Waals surface area contributed by atoms with E-state index in [9.17, 15) is 4.79 Å². The zero-order chi connectivity index (χ0) is 16.5. The molecular weight excluding hydrogens is 306 g/mol. The van der Waals surface area contributed by atoms with Gasteiger partial charge in [-0.25, -0.2) is 0 Å². The first-order valence-electron chi connectivity index (χ1n) is 7.98. The molecule has 1 amide bonds. The first-order chi connectivity index (χ1) is 11.8. The van der Waals surface area contributed by atoms with E-state index in [0.29, 0.717) is 31.2 Å². The van der Waals surface area contributed by atoms with Gasteiger partial charge < -0.3 is 9.42 Å². The maximum absolute atomic E-state index is 12.8. The fraction of sp³-hybridized carbons (Fsp3) is 0.353. The van der Waals surface area contributed by atoms with E-state index in [1.807, 2.05) is 30.3 Å². The van der Waals surface area contributed by atoms with Crippen LogP contribution >= 0.6 is 0 Å². The van der Waals surface area contributed by atoms with E-state index >= 15 is 0 Å². The van der Waals surface area contributed by atoms with Crippen molar-refractivity contribution in [3.8, 4) is 17.5 Å². The van der Waals surface area contributed by atoms with Crippen molar-refractivity contribution in [2.45, 2.75) is 6.04 Å². The molecule has 24 heavy (non-hydrogen) atoms. The van der Waals surface area contributed by atoms with Crippen LogP contribution in [-0.4, -0.2) is 59.6 Å². The maximum Gasteiger partial charge on any atom is 0.247 e. The molecule has 1 atom stereocenters. The van der Waals surface area contributed by atoms with E-state index in [0.717, 1.165) is 18.7 Å². The third-order valence-electron chi connectivity index (χ3n) is 4.63. The molecule has 0 saturated carbocycles. The van der Waals surface area contributed by atoms with E-state index in [1.54, 1.807) is 15.9 Å². The van der Waals surface area contributed by atoms with Gasteiger partial charge in [0.25, 0.3) is 0 Å². The van der Waals surface area contributed by atoms with E-state index in [4.69, 9.17) is 9.78 Å². The lowest BCUT2D eigenvalue weighted by Gasteiger charge is -2.44. The molecule has 1 aromatic heterocycles. The summed E-state index contributed by atoms with van der Waals surface area (Å²) in [7, 11) is 0. The molecule has 7 heteroatoms. The Morgan fingerprint density at radius 3 is 2.75 bits per heavy atom. The highest BCUT2D eigenvalue weighted by molar-refractivity contribution is 5.97. The van der Waals surface area contributed by atoms with Crippen molar-refractivity contribution in [2.75, 3.05) is 37.6 Å². The highest BCUT2D eigenvalue weighted by Gasteiger charge is 2.39. The number of nitrogens with zero attached hydrogens (tertiary/aromatic N) is 5. The fourth-order valence-electron chi connectivity index (χ4n) is 3.29. The quantitative estimate of drug-likeness (QED) is 0.772. The number of hydrogen-bond acceptors (Lipinski definition) is 6. The Balaban J connectivity index is 1.56. The van der Waals surface area contributed by atoms with Gasteiger partial charge >= 0.3 is 0 Å². The van der Waals surface area contributed by atoms with Gasteiger partial charge in [0.1, 0.15) is 6.04 Å². The second-order valence-corrected chi connectivity index (χ2v) is 6.00. The van der Waals surface area contributed by atoms with Crippen molar-refractivity contribution in [1.82, 2.24) is 15.0 Å². The molecule has 0 spiro atoms. The lowest BCUT2D eigenvalue weighted by Crippen LogP contribution is -2.64. The summed E-state index contributed by atoms with van der Waals surface area (Å²) >= 11 is 0. The molecule has 3 heterocycles. The van der Waals surface area contributed by atoms with Crippen LogP contribution in [0.1, 0.15) is 0 Å². The highest BCUT2D eigenvalue weighted by atomic mass is 16.5. The van der Waals surface area contributed by atoms with E-state index in [-0.39, 0.29) is 11.9 Å². The van der Waals surface area contributed by atoms with Crippen LogP contribution in [0.25, 0.3) is 11.3 Å². The van der Waals surface area contributed by atoms with Crippen molar-refractivity contribution >= 4 is 11.7 Å². The van der Waals surface area contributed by atoms with Crippen LogP contribution in [0.3, 0.4) is 0 Å². The summed E-state index contributed by atoms with van der Waals surface area (Å²) in [6.07, 6.45) is 2.14. The van der Waals surface area contributed by atoms with Gasteiger partial charge in [-0.2, -0.15) is 5.26 Å². The predicted octanol–water partition coefficient (Wildman–Crippen LogP) is 1.16. The molecule has 7 nitrogen and oxygen atoms in total. The van der Waals surface area contributed by atoms with Crippen LogP contribution in [0.15, 0.2) is 40.9 Å². The molecule has 2 fully saturated rings. The van der Waals surface area contributed by atoms with Crippen LogP contribution < -0.4 is 4.90 Å². The molecule has 2 aliphatic rings. The summed E-state index contributed by atoms with van der Waals surface area (Å²) in [4.78, 5) is 18.3. The Morgan fingerprint density at radius 1 is 1.17 bits per heavy atom. The second-order valence-electron chi connectivity index (χ2n) is 6.00. The normalized spacial score (nSPS) is 21.5. The highest BCUT2D eigenvalue weighted by Crippen LogP contribution is 2.27. The third-order valence-corrected chi connectivity index (χ3v) is 4.63. The van der Waals surface area contributed by atoms with Gasteiger partial charge in [0.2, 0.25) is 5.91 Å². The number of aromatic nitrogens is 1. The van der Waals surface area contributed by atoms with Gasteiger partial charge in [-0.05, 0) is 0 Å². The molecule has 2 saturated heterocycles. The average molecular weight is 323 g/mol. The minimum atomic E-state index is -0.288. The average Bonchev–Trinajstić information content (AvgIpc) is 3.12. The number of anilines is 1. The van der Waals surface area contributed by atoms with Gasteiger partial charge in [-0.15, -0.1) is 0 Å². The molecule has 2 aromatic rings. The lowest BCUT2D eigenvalue weighted by atomic mass is 10.1.